The Hall–Kier alpha value is -3.45. The summed E-state index contributed by atoms with van der Waals surface area (Å²) in [4.78, 5) is 26.8. The van der Waals surface area contributed by atoms with Crippen LogP contribution in [0.2, 0.25) is 0 Å². The Morgan fingerprint density at radius 1 is 1.03 bits per heavy atom. The number of piperazine rings is 1. The van der Waals surface area contributed by atoms with E-state index in [1.165, 1.54) is 22.4 Å². The van der Waals surface area contributed by atoms with Gasteiger partial charge in [-0.25, -0.2) is 0 Å². The van der Waals surface area contributed by atoms with Crippen molar-refractivity contribution >= 4 is 22.5 Å². The van der Waals surface area contributed by atoms with Crippen molar-refractivity contribution in [2.75, 3.05) is 31.1 Å². The first-order chi connectivity index (χ1) is 15.1. The number of carbonyl (C=O) groups is 1. The second kappa shape index (κ2) is 8.00. The lowest BCUT2D eigenvalue weighted by Crippen LogP contribution is -2.48. The van der Waals surface area contributed by atoms with E-state index < -0.39 is 0 Å². The fraction of sp³-hybridized carbons (Fsp3) is 0.292. The predicted octanol–water partition coefficient (Wildman–Crippen LogP) is 2.69. The molecule has 1 saturated heterocycles. The van der Waals surface area contributed by atoms with E-state index >= 15 is 0 Å². The van der Waals surface area contributed by atoms with Crippen LogP contribution >= 0.6 is 0 Å². The van der Waals surface area contributed by atoms with Crippen LogP contribution in [0.15, 0.2) is 55.1 Å². The third-order valence-electron chi connectivity index (χ3n) is 6.10. The lowest BCUT2D eigenvalue weighted by atomic mass is 10.1. The molecule has 0 radical (unpaired) electrons. The van der Waals surface area contributed by atoms with Crippen molar-refractivity contribution < 1.29 is 9.90 Å². The summed E-state index contributed by atoms with van der Waals surface area (Å²) in [7, 11) is 0. The highest BCUT2D eigenvalue weighted by Gasteiger charge is 2.29. The van der Waals surface area contributed by atoms with E-state index in [4.69, 9.17) is 0 Å². The van der Waals surface area contributed by atoms with E-state index in [-0.39, 0.29) is 11.9 Å². The minimum Gasteiger partial charge on any atom is -0.479 e. The number of fused-ring (bicyclic) bond motifs is 2. The van der Waals surface area contributed by atoms with Gasteiger partial charge in [0.25, 0.3) is 0 Å². The number of hydrogen-bond acceptors (Lipinski definition) is 6. The largest absolute Gasteiger partial charge is 0.479 e. The van der Waals surface area contributed by atoms with Crippen molar-refractivity contribution in [3.05, 3.63) is 71.9 Å². The van der Waals surface area contributed by atoms with Gasteiger partial charge in [0.05, 0.1) is 5.69 Å². The quantitative estimate of drug-likeness (QED) is 0.661. The first-order valence-electron chi connectivity index (χ1n) is 10.6. The maximum Gasteiger partial charge on any atom is 0.316 e. The van der Waals surface area contributed by atoms with Crippen molar-refractivity contribution in [1.29, 1.82) is 0 Å². The Bertz CT molecular complexity index is 1150. The number of anilines is 1. The molecule has 158 valence electrons. The van der Waals surface area contributed by atoms with Gasteiger partial charge < -0.3 is 14.9 Å². The SMILES string of the molecule is C=CC(=O)N1CCN(c2nc(O)nc3c2CN(Cc2ccc4ccccc4c2)C3)CC1. The molecule has 7 nitrogen and oxygen atoms in total. The third kappa shape index (κ3) is 3.84. The number of amides is 1. The van der Waals surface area contributed by atoms with E-state index in [0.717, 1.165) is 30.2 Å². The standard InChI is InChI=1S/C24H25N5O2/c1-2-22(30)28-9-11-29(12-10-28)23-20-15-27(16-21(20)25-24(31)26-23)14-17-7-8-18-5-3-4-6-19(18)13-17/h2-8,13H,1,9-12,14-16H2,(H,25,26,31). The van der Waals surface area contributed by atoms with Crippen molar-refractivity contribution in [2.45, 2.75) is 19.6 Å². The maximum absolute atomic E-state index is 11.9. The van der Waals surface area contributed by atoms with Crippen LogP contribution in [-0.4, -0.2) is 57.0 Å². The Labute approximate surface area is 181 Å². The number of rotatable bonds is 4. The average molecular weight is 415 g/mol. The first kappa shape index (κ1) is 19.5. The van der Waals surface area contributed by atoms with E-state index in [9.17, 15) is 9.90 Å². The molecule has 1 N–H and O–H groups in total. The van der Waals surface area contributed by atoms with Gasteiger partial charge in [0, 0.05) is 51.4 Å². The Morgan fingerprint density at radius 2 is 1.81 bits per heavy atom. The van der Waals surface area contributed by atoms with Gasteiger partial charge >= 0.3 is 6.01 Å². The molecule has 7 heteroatoms. The van der Waals surface area contributed by atoms with Crippen LogP contribution in [-0.2, 0) is 24.4 Å². The average Bonchev–Trinajstić information content (AvgIpc) is 3.20. The smallest absolute Gasteiger partial charge is 0.316 e. The van der Waals surface area contributed by atoms with Gasteiger partial charge in [0.15, 0.2) is 0 Å². The Balaban J connectivity index is 1.33. The highest BCUT2D eigenvalue weighted by Crippen LogP contribution is 2.32. The number of carbonyl (C=O) groups excluding carboxylic acids is 1. The summed E-state index contributed by atoms with van der Waals surface area (Å²) in [5, 5.41) is 12.6. The molecule has 2 aliphatic heterocycles. The molecule has 3 heterocycles. The molecule has 2 aliphatic rings. The number of nitrogens with zero attached hydrogens (tertiary/aromatic N) is 5. The van der Waals surface area contributed by atoms with Gasteiger partial charge in [-0.1, -0.05) is 43.0 Å². The molecule has 2 aromatic carbocycles. The van der Waals surface area contributed by atoms with E-state index in [1.54, 1.807) is 4.90 Å². The second-order valence-electron chi connectivity index (χ2n) is 8.12. The highest BCUT2D eigenvalue weighted by molar-refractivity contribution is 5.87. The van der Waals surface area contributed by atoms with E-state index in [0.29, 0.717) is 32.7 Å². The van der Waals surface area contributed by atoms with Crippen molar-refractivity contribution in [2.24, 2.45) is 0 Å². The molecule has 31 heavy (non-hydrogen) atoms. The summed E-state index contributed by atoms with van der Waals surface area (Å²) in [6.45, 7) is 8.38. The summed E-state index contributed by atoms with van der Waals surface area (Å²) >= 11 is 0. The van der Waals surface area contributed by atoms with Gasteiger partial charge in [-0.3, -0.25) is 9.69 Å². The Morgan fingerprint density at radius 3 is 2.58 bits per heavy atom. The molecule has 1 aromatic heterocycles. The summed E-state index contributed by atoms with van der Waals surface area (Å²) in [6.07, 6.45) is 1.36. The molecule has 0 spiro atoms. The Kier molecular flexibility index (Phi) is 5.03. The highest BCUT2D eigenvalue weighted by atomic mass is 16.3. The van der Waals surface area contributed by atoms with E-state index in [2.05, 4.69) is 68.8 Å². The zero-order chi connectivity index (χ0) is 21.4. The summed E-state index contributed by atoms with van der Waals surface area (Å²) < 4.78 is 0. The zero-order valence-electron chi connectivity index (χ0n) is 17.4. The molecule has 0 atom stereocenters. The predicted molar refractivity (Wildman–Crippen MR) is 120 cm³/mol. The molecule has 0 bridgehead atoms. The summed E-state index contributed by atoms with van der Waals surface area (Å²) in [5.41, 5.74) is 3.21. The van der Waals surface area contributed by atoms with E-state index in [1.807, 2.05) is 0 Å². The number of aromatic hydroxyl groups is 1. The lowest BCUT2D eigenvalue weighted by Gasteiger charge is -2.35. The molecule has 0 unspecified atom stereocenters. The van der Waals surface area contributed by atoms with Gasteiger partial charge in [-0.2, -0.15) is 9.97 Å². The number of aromatic nitrogens is 2. The molecule has 0 saturated carbocycles. The summed E-state index contributed by atoms with van der Waals surface area (Å²) in [6, 6.07) is 14.8. The first-order valence-corrected chi connectivity index (χ1v) is 10.6. The van der Waals surface area contributed by atoms with Crippen LogP contribution < -0.4 is 4.90 Å². The lowest BCUT2D eigenvalue weighted by molar-refractivity contribution is -0.126. The van der Waals surface area contributed by atoms with Crippen molar-refractivity contribution in [3.8, 4) is 6.01 Å². The maximum atomic E-state index is 11.9. The van der Waals surface area contributed by atoms with Crippen LogP contribution in [0.1, 0.15) is 16.8 Å². The van der Waals surface area contributed by atoms with Crippen LogP contribution in [0.3, 0.4) is 0 Å². The molecular formula is C24H25N5O2. The van der Waals surface area contributed by atoms with Crippen LogP contribution in [0.5, 0.6) is 6.01 Å². The van der Waals surface area contributed by atoms with Crippen LogP contribution in [0.4, 0.5) is 5.82 Å². The van der Waals surface area contributed by atoms with Gasteiger partial charge in [-0.05, 0) is 28.5 Å². The van der Waals surface area contributed by atoms with Crippen LogP contribution in [0.25, 0.3) is 10.8 Å². The minimum absolute atomic E-state index is 0.0445. The third-order valence-corrected chi connectivity index (χ3v) is 6.10. The molecule has 0 aliphatic carbocycles. The van der Waals surface area contributed by atoms with Gasteiger partial charge in [0.1, 0.15) is 5.82 Å². The van der Waals surface area contributed by atoms with Crippen molar-refractivity contribution in [1.82, 2.24) is 19.8 Å². The summed E-state index contributed by atoms with van der Waals surface area (Å²) in [5.74, 6) is 0.742. The molecular weight excluding hydrogens is 390 g/mol. The second-order valence-corrected chi connectivity index (χ2v) is 8.12. The monoisotopic (exact) mass is 415 g/mol. The normalized spacial score (nSPS) is 16.5. The molecule has 1 amide bonds. The van der Waals surface area contributed by atoms with Gasteiger partial charge in [0.2, 0.25) is 5.91 Å². The number of hydrogen-bond donors (Lipinski definition) is 1. The fourth-order valence-corrected chi connectivity index (χ4v) is 4.52. The van der Waals surface area contributed by atoms with Crippen molar-refractivity contribution in [3.63, 3.8) is 0 Å². The number of benzene rings is 2. The minimum atomic E-state index is -0.189. The zero-order valence-corrected chi connectivity index (χ0v) is 17.4. The fourth-order valence-electron chi connectivity index (χ4n) is 4.52. The topological polar surface area (TPSA) is 72.8 Å². The molecule has 1 fully saturated rings. The molecule has 3 aromatic rings. The van der Waals surface area contributed by atoms with Crippen LogP contribution in [0, 0.1) is 0 Å². The van der Waals surface area contributed by atoms with Gasteiger partial charge in [-0.15, -0.1) is 0 Å². The molecule has 5 rings (SSSR count).